The molecule has 0 bridgehead atoms. The fourth-order valence-corrected chi connectivity index (χ4v) is 0.754. The van der Waals surface area contributed by atoms with Crippen LogP contribution < -0.4 is 0 Å². The van der Waals surface area contributed by atoms with E-state index in [4.69, 9.17) is 23.2 Å². The molecule has 0 fully saturated rings. The molecule has 0 N–H and O–H groups in total. The molecular formula is C8H12Cl2. The standard InChI is InChI=1S/C8H12Cl2/c1-7(5-9)3-4-8(2)6-10/h1-6H2. The van der Waals surface area contributed by atoms with E-state index in [0.717, 1.165) is 24.0 Å². The Kier molecular flexibility index (Phi) is 5.85. The van der Waals surface area contributed by atoms with Crippen molar-refractivity contribution in [1.82, 2.24) is 0 Å². The van der Waals surface area contributed by atoms with Crippen LogP contribution in [0.15, 0.2) is 24.3 Å². The SMILES string of the molecule is C=C(CCl)CCC(=C)CCl. The van der Waals surface area contributed by atoms with Gasteiger partial charge in [0.25, 0.3) is 0 Å². The van der Waals surface area contributed by atoms with Gasteiger partial charge >= 0.3 is 0 Å². The first-order chi connectivity index (χ1) is 4.70. The lowest BCUT2D eigenvalue weighted by molar-refractivity contribution is 0.937. The highest BCUT2D eigenvalue weighted by molar-refractivity contribution is 6.19. The summed E-state index contributed by atoms with van der Waals surface area (Å²) in [6, 6.07) is 0. The van der Waals surface area contributed by atoms with Gasteiger partial charge in [0.1, 0.15) is 0 Å². The molecule has 0 saturated carbocycles. The fourth-order valence-electron chi connectivity index (χ4n) is 0.487. The van der Waals surface area contributed by atoms with Gasteiger partial charge in [0.2, 0.25) is 0 Å². The van der Waals surface area contributed by atoms with Gasteiger partial charge in [-0.25, -0.2) is 0 Å². The molecule has 0 amide bonds. The Balaban J connectivity index is 3.35. The van der Waals surface area contributed by atoms with E-state index in [9.17, 15) is 0 Å². The third kappa shape index (κ3) is 4.89. The average molecular weight is 179 g/mol. The zero-order valence-electron chi connectivity index (χ0n) is 6.00. The zero-order chi connectivity index (χ0) is 7.98. The summed E-state index contributed by atoms with van der Waals surface area (Å²) < 4.78 is 0. The molecule has 0 radical (unpaired) electrons. The second-order valence-corrected chi connectivity index (χ2v) is 2.80. The molecule has 0 aliphatic carbocycles. The summed E-state index contributed by atoms with van der Waals surface area (Å²) >= 11 is 11.0. The normalized spacial score (nSPS) is 9.40. The summed E-state index contributed by atoms with van der Waals surface area (Å²) in [5, 5.41) is 0. The highest BCUT2D eigenvalue weighted by atomic mass is 35.5. The van der Waals surface area contributed by atoms with Gasteiger partial charge < -0.3 is 0 Å². The topological polar surface area (TPSA) is 0 Å². The van der Waals surface area contributed by atoms with Crippen molar-refractivity contribution in [2.75, 3.05) is 11.8 Å². The van der Waals surface area contributed by atoms with Crippen LogP contribution in [0.4, 0.5) is 0 Å². The second kappa shape index (κ2) is 5.82. The van der Waals surface area contributed by atoms with Crippen molar-refractivity contribution < 1.29 is 0 Å². The van der Waals surface area contributed by atoms with E-state index >= 15 is 0 Å². The maximum Gasteiger partial charge on any atom is 0.0431 e. The van der Waals surface area contributed by atoms with Crippen molar-refractivity contribution in [3.8, 4) is 0 Å². The van der Waals surface area contributed by atoms with E-state index < -0.39 is 0 Å². The minimum absolute atomic E-state index is 0.537. The van der Waals surface area contributed by atoms with E-state index in [1.165, 1.54) is 0 Å². The molecule has 2 heteroatoms. The Bertz CT molecular complexity index is 111. The molecule has 0 heterocycles. The van der Waals surface area contributed by atoms with Crippen LogP contribution in [0.25, 0.3) is 0 Å². The smallest absolute Gasteiger partial charge is 0.0431 e. The molecule has 0 saturated heterocycles. The summed E-state index contributed by atoms with van der Waals surface area (Å²) in [5.41, 5.74) is 2.10. The molecule has 0 spiro atoms. The van der Waals surface area contributed by atoms with Crippen molar-refractivity contribution in [3.63, 3.8) is 0 Å². The van der Waals surface area contributed by atoms with E-state index in [2.05, 4.69) is 13.2 Å². The van der Waals surface area contributed by atoms with Crippen molar-refractivity contribution >= 4 is 23.2 Å². The van der Waals surface area contributed by atoms with Crippen LogP contribution in [-0.2, 0) is 0 Å². The first kappa shape index (κ1) is 10.1. The average Bonchev–Trinajstić information content (AvgIpc) is 1.99. The third-order valence-corrected chi connectivity index (χ3v) is 1.97. The highest BCUT2D eigenvalue weighted by Gasteiger charge is 1.94. The summed E-state index contributed by atoms with van der Waals surface area (Å²) in [7, 11) is 0. The highest BCUT2D eigenvalue weighted by Crippen LogP contribution is 2.10. The van der Waals surface area contributed by atoms with Gasteiger partial charge in [-0.3, -0.25) is 0 Å². The molecule has 0 nitrogen and oxygen atoms in total. The molecule has 0 unspecified atom stereocenters. The molecule has 0 atom stereocenters. The Morgan fingerprint density at radius 2 is 1.20 bits per heavy atom. The Hall–Kier alpha value is 0.0600. The van der Waals surface area contributed by atoms with Crippen LogP contribution in [0, 0.1) is 0 Å². The minimum Gasteiger partial charge on any atom is -0.122 e. The number of allylic oxidation sites excluding steroid dienone is 2. The minimum atomic E-state index is 0.537. The lowest BCUT2D eigenvalue weighted by Crippen LogP contribution is -1.87. The fraction of sp³-hybridized carbons (Fsp3) is 0.500. The van der Waals surface area contributed by atoms with Crippen LogP contribution in [0.5, 0.6) is 0 Å². The van der Waals surface area contributed by atoms with E-state index in [0.29, 0.717) is 11.8 Å². The Labute approximate surface area is 72.5 Å². The Morgan fingerprint density at radius 1 is 0.900 bits per heavy atom. The first-order valence-electron chi connectivity index (χ1n) is 3.16. The van der Waals surface area contributed by atoms with Crippen LogP contribution in [0.2, 0.25) is 0 Å². The number of hydrogen-bond donors (Lipinski definition) is 0. The van der Waals surface area contributed by atoms with Crippen LogP contribution >= 0.6 is 23.2 Å². The van der Waals surface area contributed by atoms with E-state index in [1.54, 1.807) is 0 Å². The van der Waals surface area contributed by atoms with Gasteiger partial charge in [-0.1, -0.05) is 24.3 Å². The van der Waals surface area contributed by atoms with Gasteiger partial charge in [0.15, 0.2) is 0 Å². The molecule has 0 aliphatic rings. The lowest BCUT2D eigenvalue weighted by atomic mass is 10.1. The van der Waals surface area contributed by atoms with Gasteiger partial charge in [-0.05, 0) is 12.8 Å². The second-order valence-electron chi connectivity index (χ2n) is 2.27. The molecule has 58 valence electrons. The monoisotopic (exact) mass is 178 g/mol. The van der Waals surface area contributed by atoms with Gasteiger partial charge in [0.05, 0.1) is 0 Å². The summed E-state index contributed by atoms with van der Waals surface area (Å²) in [5.74, 6) is 1.07. The molecular weight excluding hydrogens is 167 g/mol. The maximum atomic E-state index is 5.52. The van der Waals surface area contributed by atoms with Crippen LogP contribution in [-0.4, -0.2) is 11.8 Å². The number of hydrogen-bond acceptors (Lipinski definition) is 0. The molecule has 0 aromatic heterocycles. The maximum absolute atomic E-state index is 5.52. The van der Waals surface area contributed by atoms with Crippen LogP contribution in [0.1, 0.15) is 12.8 Å². The number of rotatable bonds is 5. The molecule has 0 aromatic carbocycles. The summed E-state index contributed by atoms with van der Waals surface area (Å²) in [4.78, 5) is 0. The van der Waals surface area contributed by atoms with E-state index in [1.807, 2.05) is 0 Å². The predicted octanol–water partition coefficient (Wildman–Crippen LogP) is 3.36. The zero-order valence-corrected chi connectivity index (χ0v) is 7.51. The van der Waals surface area contributed by atoms with Gasteiger partial charge in [-0.2, -0.15) is 0 Å². The van der Waals surface area contributed by atoms with Crippen molar-refractivity contribution in [2.24, 2.45) is 0 Å². The Morgan fingerprint density at radius 3 is 1.40 bits per heavy atom. The summed E-state index contributed by atoms with van der Waals surface area (Å²) in [6.45, 7) is 7.53. The van der Waals surface area contributed by atoms with Crippen molar-refractivity contribution in [1.29, 1.82) is 0 Å². The van der Waals surface area contributed by atoms with Gasteiger partial charge in [-0.15, -0.1) is 23.2 Å². The molecule has 10 heavy (non-hydrogen) atoms. The van der Waals surface area contributed by atoms with Crippen molar-refractivity contribution in [3.05, 3.63) is 24.3 Å². The molecule has 0 rings (SSSR count). The molecule has 0 aliphatic heterocycles. The number of alkyl halides is 2. The molecule has 0 aromatic rings. The predicted molar refractivity (Wildman–Crippen MR) is 49.0 cm³/mol. The first-order valence-corrected chi connectivity index (χ1v) is 4.22. The quantitative estimate of drug-likeness (QED) is 0.448. The van der Waals surface area contributed by atoms with Crippen LogP contribution in [0.3, 0.4) is 0 Å². The van der Waals surface area contributed by atoms with Gasteiger partial charge in [0, 0.05) is 11.8 Å². The van der Waals surface area contributed by atoms with E-state index in [-0.39, 0.29) is 0 Å². The summed E-state index contributed by atoms with van der Waals surface area (Å²) in [6.07, 6.45) is 1.82. The largest absolute Gasteiger partial charge is 0.122 e. The third-order valence-electron chi connectivity index (χ3n) is 1.21. The number of halogens is 2. The lowest BCUT2D eigenvalue weighted by Gasteiger charge is -2.00. The van der Waals surface area contributed by atoms with Crippen molar-refractivity contribution in [2.45, 2.75) is 12.8 Å².